The van der Waals surface area contributed by atoms with Gasteiger partial charge in [-0.3, -0.25) is 8.61 Å². The van der Waals surface area contributed by atoms with Crippen molar-refractivity contribution < 1.29 is 31.1 Å². The van der Waals surface area contributed by atoms with E-state index in [9.17, 15) is 21.6 Å². The zero-order valence-corrected chi connectivity index (χ0v) is 28.0. The maximum Gasteiger partial charge on any atom is 0.343 e. The number of anilines is 2. The second-order valence-corrected chi connectivity index (χ2v) is 14.6. The Bertz CT molecular complexity index is 2120. The third kappa shape index (κ3) is 7.16. The predicted octanol–water partition coefficient (Wildman–Crippen LogP) is 6.75. The molecule has 0 N–H and O–H groups in total. The van der Waals surface area contributed by atoms with E-state index in [1.807, 2.05) is 43.3 Å². The third-order valence-corrected chi connectivity index (χ3v) is 11.3. The fraction of sp³-hybridized carbons (Fsp3) is 0.139. The monoisotopic (exact) mass is 670 g/mol. The molecule has 5 aromatic rings. The topological polar surface area (TPSA) is 110 Å². The second kappa shape index (κ2) is 13.7. The van der Waals surface area contributed by atoms with Crippen LogP contribution in [0.15, 0.2) is 131 Å². The molecule has 5 rings (SSSR count). The summed E-state index contributed by atoms with van der Waals surface area (Å²) in [5.41, 5.74) is 2.94. The summed E-state index contributed by atoms with van der Waals surface area (Å²) in [6.45, 7) is 3.59. The van der Waals surface area contributed by atoms with E-state index < -0.39 is 26.0 Å². The molecule has 0 heterocycles. The number of carbonyl (C=O) groups is 1. The van der Waals surface area contributed by atoms with Crippen LogP contribution in [-0.4, -0.2) is 37.0 Å². The van der Waals surface area contributed by atoms with Gasteiger partial charge in [0.05, 0.1) is 40.4 Å². The van der Waals surface area contributed by atoms with Gasteiger partial charge in [-0.2, -0.15) is 0 Å². The van der Waals surface area contributed by atoms with Gasteiger partial charge in [0.1, 0.15) is 11.5 Å². The molecule has 0 bridgehead atoms. The van der Waals surface area contributed by atoms with Crippen molar-refractivity contribution in [1.82, 2.24) is 0 Å². The molecule has 47 heavy (non-hydrogen) atoms. The van der Waals surface area contributed by atoms with Gasteiger partial charge in [-0.05, 0) is 91.2 Å². The van der Waals surface area contributed by atoms with Crippen LogP contribution in [-0.2, 0) is 26.6 Å². The lowest BCUT2D eigenvalue weighted by molar-refractivity contribution is 0.0734. The number of rotatable bonds is 11. The minimum Gasteiger partial charge on any atom is -0.495 e. The van der Waals surface area contributed by atoms with Crippen molar-refractivity contribution in [1.29, 1.82) is 0 Å². The number of esters is 1. The molecule has 0 fully saturated rings. The first-order chi connectivity index (χ1) is 22.4. The molecule has 0 saturated carbocycles. The molecule has 5 aromatic carbocycles. The second-order valence-electron chi connectivity index (χ2n) is 10.8. The first kappa shape index (κ1) is 33.2. The van der Waals surface area contributed by atoms with Gasteiger partial charge in [-0.25, -0.2) is 21.6 Å². The summed E-state index contributed by atoms with van der Waals surface area (Å²) in [5, 5.41) is 0. The number of hydrogen-bond acceptors (Lipinski definition) is 7. The van der Waals surface area contributed by atoms with Crippen LogP contribution in [0.1, 0.15) is 27.0 Å². The number of carbonyl (C=O) groups excluding carboxylic acids is 1. The van der Waals surface area contributed by atoms with Gasteiger partial charge in [-0.15, -0.1) is 0 Å². The summed E-state index contributed by atoms with van der Waals surface area (Å²) in [4.78, 5) is 13.3. The lowest BCUT2D eigenvalue weighted by Crippen LogP contribution is -2.31. The Hall–Kier alpha value is -5.13. The van der Waals surface area contributed by atoms with E-state index in [0.717, 1.165) is 15.4 Å². The van der Waals surface area contributed by atoms with Crippen molar-refractivity contribution in [3.05, 3.63) is 144 Å². The Morgan fingerprint density at radius 2 is 1.40 bits per heavy atom. The van der Waals surface area contributed by atoms with Crippen LogP contribution in [0.2, 0.25) is 0 Å². The molecular weight excluding hydrogens is 637 g/mol. The van der Waals surface area contributed by atoms with Crippen molar-refractivity contribution >= 4 is 37.4 Å². The molecular formula is C36H34N2O7S2. The fourth-order valence-corrected chi connectivity index (χ4v) is 7.97. The quantitative estimate of drug-likeness (QED) is 0.113. The molecule has 0 unspecified atom stereocenters. The zero-order chi connectivity index (χ0) is 33.8. The smallest absolute Gasteiger partial charge is 0.343 e. The Balaban J connectivity index is 1.38. The van der Waals surface area contributed by atoms with E-state index in [4.69, 9.17) is 9.47 Å². The average Bonchev–Trinajstić information content (AvgIpc) is 3.08. The van der Waals surface area contributed by atoms with E-state index in [-0.39, 0.29) is 27.6 Å². The highest BCUT2D eigenvalue weighted by molar-refractivity contribution is 7.93. The maximum absolute atomic E-state index is 14.1. The number of hydrogen-bond donors (Lipinski definition) is 0. The number of aryl methyl sites for hydroxylation is 2. The van der Waals surface area contributed by atoms with Crippen LogP contribution in [0.5, 0.6) is 11.5 Å². The highest BCUT2D eigenvalue weighted by atomic mass is 32.2. The lowest BCUT2D eigenvalue weighted by atomic mass is 10.2. The summed E-state index contributed by atoms with van der Waals surface area (Å²) in [6.07, 6.45) is 0. The van der Waals surface area contributed by atoms with Crippen molar-refractivity contribution in [2.24, 2.45) is 0 Å². The van der Waals surface area contributed by atoms with Gasteiger partial charge in [0.25, 0.3) is 20.0 Å². The molecule has 0 radical (unpaired) electrons. The van der Waals surface area contributed by atoms with Crippen molar-refractivity contribution in [2.45, 2.75) is 30.2 Å². The molecule has 9 nitrogen and oxygen atoms in total. The summed E-state index contributed by atoms with van der Waals surface area (Å²) < 4.78 is 68.3. The summed E-state index contributed by atoms with van der Waals surface area (Å²) in [5.74, 6) is -0.249. The Morgan fingerprint density at radius 1 is 0.723 bits per heavy atom. The van der Waals surface area contributed by atoms with E-state index >= 15 is 0 Å². The molecule has 11 heteroatoms. The fourth-order valence-electron chi connectivity index (χ4n) is 4.96. The van der Waals surface area contributed by atoms with Gasteiger partial charge < -0.3 is 9.47 Å². The minimum absolute atomic E-state index is 0.0180. The molecule has 0 aliphatic heterocycles. The van der Waals surface area contributed by atoms with Gasteiger partial charge >= 0.3 is 5.97 Å². The Morgan fingerprint density at radius 3 is 2.11 bits per heavy atom. The van der Waals surface area contributed by atoms with Crippen molar-refractivity contribution in [3.8, 4) is 11.5 Å². The van der Waals surface area contributed by atoms with Gasteiger partial charge in [0.15, 0.2) is 0 Å². The molecule has 0 aliphatic carbocycles. The predicted molar refractivity (Wildman–Crippen MR) is 182 cm³/mol. The normalized spacial score (nSPS) is 11.5. The zero-order valence-electron chi connectivity index (χ0n) is 26.3. The van der Waals surface area contributed by atoms with Gasteiger partial charge in [-0.1, -0.05) is 60.7 Å². The lowest BCUT2D eigenvalue weighted by Gasteiger charge is -2.26. The molecule has 0 aromatic heterocycles. The molecule has 0 atom stereocenters. The van der Waals surface area contributed by atoms with Crippen LogP contribution in [0.25, 0.3) is 0 Å². The third-order valence-electron chi connectivity index (χ3n) is 7.57. The van der Waals surface area contributed by atoms with Crippen molar-refractivity contribution in [3.63, 3.8) is 0 Å². The summed E-state index contributed by atoms with van der Waals surface area (Å²) >= 11 is 0. The summed E-state index contributed by atoms with van der Waals surface area (Å²) in [6, 6.07) is 32.8. The Kier molecular flexibility index (Phi) is 9.69. The van der Waals surface area contributed by atoms with E-state index in [2.05, 4.69) is 0 Å². The van der Waals surface area contributed by atoms with Crippen LogP contribution in [0.4, 0.5) is 11.4 Å². The first-order valence-electron chi connectivity index (χ1n) is 14.6. The van der Waals surface area contributed by atoms with Crippen LogP contribution in [0, 0.1) is 13.8 Å². The van der Waals surface area contributed by atoms with Crippen LogP contribution >= 0.6 is 0 Å². The largest absolute Gasteiger partial charge is 0.495 e. The van der Waals surface area contributed by atoms with E-state index in [0.29, 0.717) is 22.7 Å². The highest BCUT2D eigenvalue weighted by Crippen LogP contribution is 2.34. The molecule has 0 aliphatic rings. The number of para-hydroxylation sites is 2. The number of ether oxygens (including phenoxy) is 2. The van der Waals surface area contributed by atoms with E-state index in [1.165, 1.54) is 67.0 Å². The molecule has 0 spiro atoms. The van der Waals surface area contributed by atoms with Gasteiger partial charge in [0.2, 0.25) is 0 Å². The molecule has 0 saturated heterocycles. The number of benzene rings is 5. The Labute approximate surface area is 275 Å². The van der Waals surface area contributed by atoms with Crippen LogP contribution < -0.4 is 18.1 Å². The maximum atomic E-state index is 14.1. The SMILES string of the molecule is COc1ccccc1N(Cc1ccccc1)S(=O)(=O)c1cccc(C(=O)Oc2ccc(N(C)S(=O)(=O)c3cc(C)ccc3C)cc2)c1. The number of sulfonamides is 2. The average molecular weight is 671 g/mol. The highest BCUT2D eigenvalue weighted by Gasteiger charge is 2.29. The number of methoxy groups -OCH3 is 1. The summed E-state index contributed by atoms with van der Waals surface area (Å²) in [7, 11) is -5.10. The van der Waals surface area contributed by atoms with Crippen LogP contribution in [0.3, 0.4) is 0 Å². The minimum atomic E-state index is -4.19. The molecule has 242 valence electrons. The van der Waals surface area contributed by atoms with E-state index in [1.54, 1.807) is 43.3 Å². The van der Waals surface area contributed by atoms with Crippen molar-refractivity contribution in [2.75, 3.05) is 22.8 Å². The number of nitrogens with zero attached hydrogens (tertiary/aromatic N) is 2. The molecule has 0 amide bonds. The van der Waals surface area contributed by atoms with Gasteiger partial charge in [0, 0.05) is 7.05 Å². The first-order valence-corrected chi connectivity index (χ1v) is 17.5. The standard InChI is InChI=1S/C36H34N2O7S2/c1-26-17-18-27(2)35(23-26)47(42,43)37(3)30-19-21-31(22-20-30)45-36(39)29-13-10-14-32(24-29)46(40,41)38(25-28-11-6-5-7-12-28)33-15-8-9-16-34(33)44-4/h5-24H,25H2,1-4H3.